The Hall–Kier alpha value is -3.25. The van der Waals surface area contributed by atoms with E-state index in [4.69, 9.17) is 14.2 Å². The Morgan fingerprint density at radius 2 is 1.70 bits per heavy atom. The largest absolute Gasteiger partial charge is 0.493 e. The smallest absolute Gasteiger partial charge is 0.255 e. The molecule has 0 unspecified atom stereocenters. The molecule has 0 atom stereocenters. The van der Waals surface area contributed by atoms with Crippen molar-refractivity contribution in [2.45, 2.75) is 33.0 Å². The summed E-state index contributed by atoms with van der Waals surface area (Å²) in [7, 11) is 1.53. The van der Waals surface area contributed by atoms with Crippen molar-refractivity contribution in [2.24, 2.45) is 0 Å². The first-order valence-corrected chi connectivity index (χ1v) is 9.70. The molecular formula is C24H27NO5. The highest BCUT2D eigenvalue weighted by molar-refractivity contribution is 5.49. The summed E-state index contributed by atoms with van der Waals surface area (Å²) >= 11 is 0. The van der Waals surface area contributed by atoms with Crippen LogP contribution in [0.1, 0.15) is 25.0 Å². The van der Waals surface area contributed by atoms with Gasteiger partial charge in [0.05, 0.1) is 18.4 Å². The Morgan fingerprint density at radius 3 is 2.33 bits per heavy atom. The summed E-state index contributed by atoms with van der Waals surface area (Å²) < 4.78 is 18.3. The molecule has 3 aromatic rings. The third-order valence-electron chi connectivity index (χ3n) is 4.42. The van der Waals surface area contributed by atoms with Crippen molar-refractivity contribution in [3.63, 3.8) is 0 Å². The normalized spacial score (nSPS) is 11.2. The zero-order valence-electron chi connectivity index (χ0n) is 17.7. The lowest BCUT2D eigenvalue weighted by molar-refractivity contribution is 0.0276. The predicted molar refractivity (Wildman–Crippen MR) is 116 cm³/mol. The van der Waals surface area contributed by atoms with Gasteiger partial charge in [0, 0.05) is 18.3 Å². The van der Waals surface area contributed by atoms with Crippen LogP contribution in [0.15, 0.2) is 65.6 Å². The number of hydrogen-bond donors (Lipinski definition) is 1. The maximum Gasteiger partial charge on any atom is 0.255 e. The molecule has 158 valence electrons. The predicted octanol–water partition coefficient (Wildman–Crippen LogP) is 3.88. The molecule has 0 fully saturated rings. The Bertz CT molecular complexity index is 1050. The lowest BCUT2D eigenvalue weighted by Crippen LogP contribution is -2.28. The molecule has 0 spiro atoms. The lowest BCUT2D eigenvalue weighted by Gasteiger charge is -2.19. The van der Waals surface area contributed by atoms with E-state index in [0.29, 0.717) is 23.8 Å². The number of ether oxygens (including phenoxy) is 3. The summed E-state index contributed by atoms with van der Waals surface area (Å²) in [5.41, 5.74) is 1.47. The van der Waals surface area contributed by atoms with Gasteiger partial charge in [0.25, 0.3) is 5.56 Å². The van der Waals surface area contributed by atoms with E-state index in [2.05, 4.69) is 0 Å². The monoisotopic (exact) mass is 409 g/mol. The first kappa shape index (κ1) is 21.5. The average molecular weight is 409 g/mol. The van der Waals surface area contributed by atoms with Crippen molar-refractivity contribution >= 4 is 0 Å². The van der Waals surface area contributed by atoms with Crippen LogP contribution in [0.2, 0.25) is 0 Å². The third kappa shape index (κ3) is 5.64. The molecule has 0 aliphatic heterocycles. The molecule has 0 saturated heterocycles. The minimum Gasteiger partial charge on any atom is -0.493 e. The van der Waals surface area contributed by atoms with Gasteiger partial charge in [0.2, 0.25) is 0 Å². The van der Waals surface area contributed by atoms with Crippen LogP contribution in [-0.2, 0) is 6.61 Å². The van der Waals surface area contributed by atoms with Gasteiger partial charge in [-0.2, -0.15) is 0 Å². The van der Waals surface area contributed by atoms with E-state index in [1.165, 1.54) is 11.7 Å². The second-order valence-electron chi connectivity index (χ2n) is 7.78. The second kappa shape index (κ2) is 9.05. The molecule has 1 N–H and O–H groups in total. The van der Waals surface area contributed by atoms with Gasteiger partial charge in [-0.05, 0) is 56.7 Å². The van der Waals surface area contributed by atoms with Crippen molar-refractivity contribution in [2.75, 3.05) is 13.7 Å². The van der Waals surface area contributed by atoms with E-state index in [1.54, 1.807) is 44.3 Å². The molecule has 0 radical (unpaired) electrons. The zero-order valence-corrected chi connectivity index (χ0v) is 17.7. The molecular weight excluding hydrogens is 382 g/mol. The molecule has 0 amide bonds. The first-order valence-electron chi connectivity index (χ1n) is 9.70. The van der Waals surface area contributed by atoms with Crippen LogP contribution >= 0.6 is 0 Å². The number of rotatable bonds is 8. The zero-order chi connectivity index (χ0) is 21.7. The minimum absolute atomic E-state index is 0.123. The van der Waals surface area contributed by atoms with E-state index < -0.39 is 5.60 Å². The van der Waals surface area contributed by atoms with Gasteiger partial charge >= 0.3 is 0 Å². The molecule has 1 heterocycles. The highest BCUT2D eigenvalue weighted by Crippen LogP contribution is 2.30. The molecule has 0 aliphatic rings. The van der Waals surface area contributed by atoms with Gasteiger partial charge in [0.15, 0.2) is 11.5 Å². The number of nitrogens with zero attached hydrogens (tertiary/aromatic N) is 1. The quantitative estimate of drug-likeness (QED) is 0.611. The van der Waals surface area contributed by atoms with Crippen LogP contribution < -0.4 is 19.8 Å². The van der Waals surface area contributed by atoms with Gasteiger partial charge in [0.1, 0.15) is 19.0 Å². The summed E-state index contributed by atoms with van der Waals surface area (Å²) in [4.78, 5) is 12.6. The average Bonchev–Trinajstić information content (AvgIpc) is 2.71. The lowest BCUT2D eigenvalue weighted by atomic mass is 10.2. The maximum atomic E-state index is 12.6. The molecule has 3 rings (SSSR count). The van der Waals surface area contributed by atoms with Crippen molar-refractivity contribution in [3.8, 4) is 22.9 Å². The number of aromatic nitrogens is 1. The second-order valence-corrected chi connectivity index (χ2v) is 7.78. The van der Waals surface area contributed by atoms with Crippen molar-refractivity contribution in [3.05, 3.63) is 82.3 Å². The summed E-state index contributed by atoms with van der Waals surface area (Å²) in [6, 6.07) is 16.4. The fourth-order valence-corrected chi connectivity index (χ4v) is 2.80. The molecule has 6 nitrogen and oxygen atoms in total. The van der Waals surface area contributed by atoms with Crippen molar-refractivity contribution in [1.82, 2.24) is 4.57 Å². The molecule has 1 aromatic heterocycles. The third-order valence-corrected chi connectivity index (χ3v) is 4.42. The molecule has 30 heavy (non-hydrogen) atoms. The Kier molecular flexibility index (Phi) is 6.47. The van der Waals surface area contributed by atoms with E-state index >= 15 is 0 Å². The van der Waals surface area contributed by atoms with Gasteiger partial charge in [-0.15, -0.1) is 0 Å². The van der Waals surface area contributed by atoms with Gasteiger partial charge in [-0.1, -0.05) is 17.7 Å². The standard InChI is InChI=1S/C24H27NO5/c1-17-5-8-20(9-6-17)29-15-18-11-12-25(23(26)13-18)19-7-10-21(22(14-19)28-4)30-16-24(2,3)27/h5-14,27H,15-16H2,1-4H3. The van der Waals surface area contributed by atoms with Crippen LogP contribution in [0.3, 0.4) is 0 Å². The summed E-state index contributed by atoms with van der Waals surface area (Å²) in [5, 5.41) is 9.84. The Morgan fingerprint density at radius 1 is 0.967 bits per heavy atom. The highest BCUT2D eigenvalue weighted by atomic mass is 16.5. The SMILES string of the molecule is COc1cc(-n2ccc(COc3ccc(C)cc3)cc2=O)ccc1OCC(C)(C)O. The van der Waals surface area contributed by atoms with E-state index in [-0.39, 0.29) is 12.2 Å². The van der Waals surface area contributed by atoms with Gasteiger partial charge in [-0.25, -0.2) is 0 Å². The van der Waals surface area contributed by atoms with E-state index in [0.717, 1.165) is 16.9 Å². The van der Waals surface area contributed by atoms with Crippen LogP contribution in [0.25, 0.3) is 5.69 Å². The Labute approximate surface area is 176 Å². The first-order chi connectivity index (χ1) is 14.2. The molecule has 2 aromatic carbocycles. The summed E-state index contributed by atoms with van der Waals surface area (Å²) in [5.74, 6) is 1.74. The summed E-state index contributed by atoms with van der Waals surface area (Å²) in [6.07, 6.45) is 1.71. The van der Waals surface area contributed by atoms with Crippen LogP contribution in [-0.4, -0.2) is 29.0 Å². The molecule has 0 saturated carbocycles. The number of benzene rings is 2. The number of aliphatic hydroxyl groups is 1. The topological polar surface area (TPSA) is 69.9 Å². The number of aryl methyl sites for hydroxylation is 1. The number of hydrogen-bond acceptors (Lipinski definition) is 5. The fraction of sp³-hybridized carbons (Fsp3) is 0.292. The van der Waals surface area contributed by atoms with Crippen LogP contribution in [0.5, 0.6) is 17.2 Å². The highest BCUT2D eigenvalue weighted by Gasteiger charge is 2.16. The Balaban J connectivity index is 1.75. The van der Waals surface area contributed by atoms with Gasteiger partial charge < -0.3 is 19.3 Å². The van der Waals surface area contributed by atoms with E-state index in [1.807, 2.05) is 37.3 Å². The number of methoxy groups -OCH3 is 1. The van der Waals surface area contributed by atoms with Crippen molar-refractivity contribution in [1.29, 1.82) is 0 Å². The van der Waals surface area contributed by atoms with Crippen molar-refractivity contribution < 1.29 is 19.3 Å². The maximum absolute atomic E-state index is 12.6. The van der Waals surface area contributed by atoms with Gasteiger partial charge in [-0.3, -0.25) is 9.36 Å². The summed E-state index contributed by atoms with van der Waals surface area (Å²) in [6.45, 7) is 5.78. The molecule has 0 bridgehead atoms. The van der Waals surface area contributed by atoms with E-state index in [9.17, 15) is 9.90 Å². The molecule has 6 heteroatoms. The fourth-order valence-electron chi connectivity index (χ4n) is 2.80. The molecule has 0 aliphatic carbocycles. The minimum atomic E-state index is -0.961. The number of pyridine rings is 1. The van der Waals surface area contributed by atoms with Crippen LogP contribution in [0, 0.1) is 6.92 Å². The van der Waals surface area contributed by atoms with Crippen LogP contribution in [0.4, 0.5) is 0 Å².